The van der Waals surface area contributed by atoms with Gasteiger partial charge in [0.25, 0.3) is 0 Å². The molecule has 0 spiro atoms. The van der Waals surface area contributed by atoms with Crippen LogP contribution in [0, 0.1) is 5.92 Å². The number of rotatable bonds is 9. The molecule has 1 rings (SSSR count). The zero-order chi connectivity index (χ0) is 17.3. The molecule has 23 heavy (non-hydrogen) atoms. The Morgan fingerprint density at radius 3 is 2.52 bits per heavy atom. The number of benzene rings is 1. The van der Waals surface area contributed by atoms with Gasteiger partial charge in [-0.25, -0.2) is 4.79 Å². The molecule has 1 aromatic rings. The van der Waals surface area contributed by atoms with E-state index < -0.39 is 5.60 Å². The third-order valence-corrected chi connectivity index (χ3v) is 3.57. The number of aliphatic hydroxyl groups is 1. The third-order valence-electron chi connectivity index (χ3n) is 3.57. The molecule has 5 heteroatoms. The Morgan fingerprint density at radius 2 is 1.96 bits per heavy atom. The molecule has 3 N–H and O–H groups in total. The average molecular weight is 322 g/mol. The summed E-state index contributed by atoms with van der Waals surface area (Å²) < 4.78 is 5.33. The zero-order valence-corrected chi connectivity index (χ0v) is 14.7. The van der Waals surface area contributed by atoms with Crippen LogP contribution < -0.4 is 10.6 Å². The van der Waals surface area contributed by atoms with Crippen molar-refractivity contribution in [2.45, 2.75) is 52.7 Å². The van der Waals surface area contributed by atoms with Gasteiger partial charge in [0.1, 0.15) is 0 Å². The Bertz CT molecular complexity index is 470. The molecule has 0 aliphatic rings. The van der Waals surface area contributed by atoms with Gasteiger partial charge >= 0.3 is 6.03 Å². The molecule has 0 aromatic heterocycles. The molecule has 0 fully saturated rings. The van der Waals surface area contributed by atoms with E-state index in [-0.39, 0.29) is 12.6 Å². The van der Waals surface area contributed by atoms with E-state index in [0.717, 1.165) is 12.0 Å². The fourth-order valence-corrected chi connectivity index (χ4v) is 2.04. The molecule has 0 aliphatic heterocycles. The summed E-state index contributed by atoms with van der Waals surface area (Å²) in [4.78, 5) is 11.9. The summed E-state index contributed by atoms with van der Waals surface area (Å²) in [5, 5.41) is 15.7. The predicted octanol–water partition coefficient (Wildman–Crippen LogP) is 3.53. The van der Waals surface area contributed by atoms with Crippen molar-refractivity contribution in [3.8, 4) is 0 Å². The van der Waals surface area contributed by atoms with Crippen molar-refractivity contribution in [1.29, 1.82) is 0 Å². The first-order valence-electron chi connectivity index (χ1n) is 8.26. The van der Waals surface area contributed by atoms with Crippen molar-refractivity contribution in [3.05, 3.63) is 29.8 Å². The molecule has 1 atom stereocenters. The van der Waals surface area contributed by atoms with E-state index in [2.05, 4.69) is 24.5 Å². The SMILES string of the molecule is CCOCc1ccc(NC(=O)NCC(C)(O)CCC(C)C)cc1. The Balaban J connectivity index is 2.38. The Kier molecular flexibility index (Phi) is 8.06. The second-order valence-corrected chi connectivity index (χ2v) is 6.57. The smallest absolute Gasteiger partial charge is 0.319 e. The normalized spacial score (nSPS) is 13.7. The summed E-state index contributed by atoms with van der Waals surface area (Å²) in [7, 11) is 0. The fraction of sp³-hybridized carbons (Fsp3) is 0.611. The van der Waals surface area contributed by atoms with Crippen LogP contribution in [0.2, 0.25) is 0 Å². The second-order valence-electron chi connectivity index (χ2n) is 6.57. The predicted molar refractivity (Wildman–Crippen MR) is 93.5 cm³/mol. The van der Waals surface area contributed by atoms with Crippen LogP contribution in [0.4, 0.5) is 10.5 Å². The van der Waals surface area contributed by atoms with Gasteiger partial charge in [-0.2, -0.15) is 0 Å². The highest BCUT2D eigenvalue weighted by atomic mass is 16.5. The molecule has 5 nitrogen and oxygen atoms in total. The summed E-state index contributed by atoms with van der Waals surface area (Å²) in [6.45, 7) is 9.42. The second kappa shape index (κ2) is 9.53. The van der Waals surface area contributed by atoms with Crippen LogP contribution in [0.1, 0.15) is 46.1 Å². The lowest BCUT2D eigenvalue weighted by Crippen LogP contribution is -2.42. The number of urea groups is 1. The minimum atomic E-state index is -0.886. The van der Waals surface area contributed by atoms with E-state index in [1.807, 2.05) is 31.2 Å². The first-order valence-corrected chi connectivity index (χ1v) is 8.26. The van der Waals surface area contributed by atoms with Gasteiger partial charge in [0.15, 0.2) is 0 Å². The lowest BCUT2D eigenvalue weighted by Gasteiger charge is -2.24. The maximum absolute atomic E-state index is 11.9. The van der Waals surface area contributed by atoms with Gasteiger partial charge in [0, 0.05) is 18.8 Å². The number of hydrogen-bond donors (Lipinski definition) is 3. The number of anilines is 1. The standard InChI is InChI=1S/C18H30N2O3/c1-5-23-12-15-6-8-16(9-7-15)20-17(21)19-13-18(4,22)11-10-14(2)3/h6-9,14,22H,5,10-13H2,1-4H3,(H2,19,20,21). The fourth-order valence-electron chi connectivity index (χ4n) is 2.04. The maximum atomic E-state index is 11.9. The molecule has 2 amide bonds. The molecule has 1 aromatic carbocycles. The van der Waals surface area contributed by atoms with Crippen LogP contribution in [-0.4, -0.2) is 29.9 Å². The van der Waals surface area contributed by atoms with Gasteiger partial charge < -0.3 is 20.5 Å². The van der Waals surface area contributed by atoms with Gasteiger partial charge in [-0.3, -0.25) is 0 Å². The van der Waals surface area contributed by atoms with Gasteiger partial charge in [-0.15, -0.1) is 0 Å². The topological polar surface area (TPSA) is 70.6 Å². The van der Waals surface area contributed by atoms with Crippen LogP contribution in [0.25, 0.3) is 0 Å². The van der Waals surface area contributed by atoms with Crippen LogP contribution in [0.5, 0.6) is 0 Å². The lowest BCUT2D eigenvalue weighted by atomic mass is 9.95. The Morgan fingerprint density at radius 1 is 1.30 bits per heavy atom. The van der Waals surface area contributed by atoms with Crippen LogP contribution >= 0.6 is 0 Å². The van der Waals surface area contributed by atoms with E-state index in [1.165, 1.54) is 0 Å². The van der Waals surface area contributed by atoms with E-state index in [9.17, 15) is 9.90 Å². The molecule has 1 unspecified atom stereocenters. The summed E-state index contributed by atoms with van der Waals surface area (Å²) in [6.07, 6.45) is 1.59. The Labute approximate surface area is 139 Å². The van der Waals surface area contributed by atoms with E-state index >= 15 is 0 Å². The molecule has 0 saturated heterocycles. The number of amides is 2. The van der Waals surface area contributed by atoms with Gasteiger partial charge in [-0.05, 0) is 50.3 Å². The first kappa shape index (κ1) is 19.5. The van der Waals surface area contributed by atoms with Crippen LogP contribution in [-0.2, 0) is 11.3 Å². The number of hydrogen-bond acceptors (Lipinski definition) is 3. The summed E-state index contributed by atoms with van der Waals surface area (Å²) in [5.74, 6) is 0.533. The maximum Gasteiger partial charge on any atom is 0.319 e. The summed E-state index contributed by atoms with van der Waals surface area (Å²) in [6, 6.07) is 7.21. The minimum Gasteiger partial charge on any atom is -0.388 e. The van der Waals surface area contributed by atoms with Crippen molar-refractivity contribution >= 4 is 11.7 Å². The molecule has 0 bridgehead atoms. The summed E-state index contributed by atoms with van der Waals surface area (Å²) in [5.41, 5.74) is 0.891. The molecule has 0 aliphatic carbocycles. The highest BCUT2D eigenvalue weighted by molar-refractivity contribution is 5.89. The van der Waals surface area contributed by atoms with Crippen LogP contribution in [0.3, 0.4) is 0 Å². The van der Waals surface area contributed by atoms with E-state index in [1.54, 1.807) is 6.92 Å². The highest BCUT2D eigenvalue weighted by Gasteiger charge is 2.21. The molecule has 0 saturated carbocycles. The summed E-state index contributed by atoms with van der Waals surface area (Å²) >= 11 is 0. The first-order chi connectivity index (χ1) is 10.8. The molecule has 0 radical (unpaired) electrons. The van der Waals surface area contributed by atoms with Gasteiger partial charge in [0.2, 0.25) is 0 Å². The van der Waals surface area contributed by atoms with Crippen molar-refractivity contribution < 1.29 is 14.6 Å². The Hall–Kier alpha value is -1.59. The molecule has 0 heterocycles. The minimum absolute atomic E-state index is 0.230. The van der Waals surface area contributed by atoms with Gasteiger partial charge in [-0.1, -0.05) is 26.0 Å². The monoisotopic (exact) mass is 322 g/mol. The number of nitrogens with one attached hydrogen (secondary N) is 2. The molecular formula is C18H30N2O3. The quantitative estimate of drug-likeness (QED) is 0.651. The molecular weight excluding hydrogens is 292 g/mol. The average Bonchev–Trinajstić information content (AvgIpc) is 2.51. The number of carbonyl (C=O) groups is 1. The van der Waals surface area contributed by atoms with Gasteiger partial charge in [0.05, 0.1) is 12.2 Å². The van der Waals surface area contributed by atoms with Crippen molar-refractivity contribution in [2.75, 3.05) is 18.5 Å². The van der Waals surface area contributed by atoms with Crippen molar-refractivity contribution in [2.24, 2.45) is 5.92 Å². The number of carbonyl (C=O) groups excluding carboxylic acids is 1. The van der Waals surface area contributed by atoms with Crippen molar-refractivity contribution in [3.63, 3.8) is 0 Å². The number of ether oxygens (including phenoxy) is 1. The largest absolute Gasteiger partial charge is 0.388 e. The third kappa shape index (κ3) is 8.57. The van der Waals surface area contributed by atoms with Crippen LogP contribution in [0.15, 0.2) is 24.3 Å². The molecule has 130 valence electrons. The van der Waals surface area contributed by atoms with E-state index in [0.29, 0.717) is 31.2 Å². The van der Waals surface area contributed by atoms with Crippen molar-refractivity contribution in [1.82, 2.24) is 5.32 Å². The lowest BCUT2D eigenvalue weighted by molar-refractivity contribution is 0.0481. The zero-order valence-electron chi connectivity index (χ0n) is 14.7. The van der Waals surface area contributed by atoms with E-state index in [4.69, 9.17) is 4.74 Å². The highest BCUT2D eigenvalue weighted by Crippen LogP contribution is 2.15.